The van der Waals surface area contributed by atoms with E-state index in [-0.39, 0.29) is 5.83 Å². The number of hydrogen-bond acceptors (Lipinski definition) is 0. The molecule has 10 heavy (non-hydrogen) atoms. The molecule has 2 heteroatoms. The van der Waals surface area contributed by atoms with Crippen LogP contribution in [0, 0.1) is 0 Å². The fourth-order valence-electron chi connectivity index (χ4n) is 0.448. The molecule has 0 N–H and O–H groups in total. The second-order valence-electron chi connectivity index (χ2n) is 1.85. The molecule has 0 aromatic heterocycles. The average molecular weight is 144 g/mol. The van der Waals surface area contributed by atoms with Gasteiger partial charge in [0.1, 0.15) is 5.83 Å². The molecule has 0 rings (SSSR count). The molecule has 0 radical (unpaired) electrons. The molecule has 0 spiro atoms. The summed E-state index contributed by atoms with van der Waals surface area (Å²) in [7, 11) is 0. The first-order valence-corrected chi connectivity index (χ1v) is 2.97. The van der Waals surface area contributed by atoms with E-state index in [1.165, 1.54) is 18.2 Å². The van der Waals surface area contributed by atoms with E-state index >= 15 is 0 Å². The van der Waals surface area contributed by atoms with Crippen LogP contribution in [-0.2, 0) is 0 Å². The standard InChI is InChI=1S/C8H10F2/c1-3-8(10)6-7(2)4-5-9/h3-6H,1-2H3/b5-4+,7-6-,8-3+. The molecule has 0 saturated heterocycles. The van der Waals surface area contributed by atoms with Crippen molar-refractivity contribution in [3.05, 3.63) is 36.0 Å². The molecule has 0 aliphatic heterocycles. The van der Waals surface area contributed by atoms with Gasteiger partial charge in [-0.2, -0.15) is 0 Å². The lowest BCUT2D eigenvalue weighted by Crippen LogP contribution is -1.68. The maximum Gasteiger partial charge on any atom is 0.119 e. The highest BCUT2D eigenvalue weighted by atomic mass is 19.1. The van der Waals surface area contributed by atoms with E-state index in [0.29, 0.717) is 11.9 Å². The fraction of sp³-hybridized carbons (Fsp3) is 0.250. The number of allylic oxidation sites excluding steroid dienone is 5. The first-order valence-electron chi connectivity index (χ1n) is 2.97. The summed E-state index contributed by atoms with van der Waals surface area (Å²) < 4.78 is 23.8. The highest BCUT2D eigenvalue weighted by Crippen LogP contribution is 2.04. The molecule has 0 amide bonds. The van der Waals surface area contributed by atoms with Crippen LogP contribution in [0.5, 0.6) is 0 Å². The van der Waals surface area contributed by atoms with Crippen molar-refractivity contribution in [1.29, 1.82) is 0 Å². The van der Waals surface area contributed by atoms with E-state index < -0.39 is 0 Å². The molecule has 0 unspecified atom stereocenters. The van der Waals surface area contributed by atoms with E-state index in [4.69, 9.17) is 0 Å². The second-order valence-corrected chi connectivity index (χ2v) is 1.85. The van der Waals surface area contributed by atoms with Crippen LogP contribution in [0.4, 0.5) is 8.78 Å². The van der Waals surface area contributed by atoms with Crippen LogP contribution in [0.1, 0.15) is 13.8 Å². The monoisotopic (exact) mass is 144 g/mol. The van der Waals surface area contributed by atoms with Gasteiger partial charge in [-0.05, 0) is 31.6 Å². The minimum Gasteiger partial charge on any atom is -0.216 e. The average Bonchev–Trinajstić information content (AvgIpc) is 1.88. The Balaban J connectivity index is 4.16. The third-order valence-electron chi connectivity index (χ3n) is 0.967. The second kappa shape index (κ2) is 4.91. The third kappa shape index (κ3) is 4.01. The van der Waals surface area contributed by atoms with E-state index in [9.17, 15) is 8.78 Å². The third-order valence-corrected chi connectivity index (χ3v) is 0.967. The van der Waals surface area contributed by atoms with Gasteiger partial charge in [-0.15, -0.1) is 0 Å². The molecule has 0 aromatic rings. The van der Waals surface area contributed by atoms with Crippen molar-refractivity contribution in [2.45, 2.75) is 13.8 Å². The zero-order valence-electron chi connectivity index (χ0n) is 6.07. The molecule has 0 aliphatic carbocycles. The van der Waals surface area contributed by atoms with Crippen molar-refractivity contribution in [2.24, 2.45) is 0 Å². The Kier molecular flexibility index (Phi) is 4.46. The SMILES string of the molecule is C\C=C(F)/C=C(C)\C=C\F. The van der Waals surface area contributed by atoms with Gasteiger partial charge in [0.15, 0.2) is 0 Å². The summed E-state index contributed by atoms with van der Waals surface area (Å²) in [4.78, 5) is 0. The van der Waals surface area contributed by atoms with Crippen LogP contribution in [0.2, 0.25) is 0 Å². The van der Waals surface area contributed by atoms with E-state index in [1.807, 2.05) is 0 Å². The van der Waals surface area contributed by atoms with Gasteiger partial charge in [0.2, 0.25) is 0 Å². The molecule has 0 heterocycles. The Hall–Kier alpha value is -0.920. The number of rotatable bonds is 2. The van der Waals surface area contributed by atoms with Crippen molar-refractivity contribution < 1.29 is 8.78 Å². The predicted octanol–water partition coefficient (Wildman–Crippen LogP) is 3.29. The molecule has 0 bridgehead atoms. The van der Waals surface area contributed by atoms with Gasteiger partial charge in [-0.1, -0.05) is 6.08 Å². The Morgan fingerprint density at radius 3 is 2.40 bits per heavy atom. The summed E-state index contributed by atoms with van der Waals surface area (Å²) in [6.07, 6.45) is 4.16. The molecule has 0 fully saturated rings. The fourth-order valence-corrected chi connectivity index (χ4v) is 0.448. The van der Waals surface area contributed by atoms with Crippen LogP contribution in [-0.4, -0.2) is 0 Å². The van der Waals surface area contributed by atoms with Crippen molar-refractivity contribution in [3.63, 3.8) is 0 Å². The largest absolute Gasteiger partial charge is 0.216 e. The maximum atomic E-state index is 12.3. The molecular weight excluding hydrogens is 134 g/mol. The van der Waals surface area contributed by atoms with Gasteiger partial charge in [-0.3, -0.25) is 0 Å². The van der Waals surface area contributed by atoms with Gasteiger partial charge >= 0.3 is 0 Å². The van der Waals surface area contributed by atoms with Gasteiger partial charge in [0.25, 0.3) is 0 Å². The highest BCUT2D eigenvalue weighted by molar-refractivity contribution is 5.23. The summed E-state index contributed by atoms with van der Waals surface area (Å²) in [5.41, 5.74) is 0.554. The Bertz CT molecular complexity index is 176. The lowest BCUT2D eigenvalue weighted by molar-refractivity contribution is 0.663. The van der Waals surface area contributed by atoms with Gasteiger partial charge in [0.05, 0.1) is 6.33 Å². The Morgan fingerprint density at radius 1 is 1.40 bits per heavy atom. The van der Waals surface area contributed by atoms with Crippen LogP contribution in [0.15, 0.2) is 36.0 Å². The summed E-state index contributed by atoms with van der Waals surface area (Å²) in [5, 5.41) is 0. The molecule has 56 valence electrons. The highest BCUT2D eigenvalue weighted by Gasteiger charge is 1.85. The minimum atomic E-state index is -0.351. The normalized spacial score (nSPS) is 14.8. The van der Waals surface area contributed by atoms with Gasteiger partial charge in [-0.25, -0.2) is 8.78 Å². The lowest BCUT2D eigenvalue weighted by Gasteiger charge is -1.87. The topological polar surface area (TPSA) is 0 Å². The molecule has 0 saturated carbocycles. The van der Waals surface area contributed by atoms with Gasteiger partial charge in [0, 0.05) is 0 Å². The molecule has 0 atom stereocenters. The quantitative estimate of drug-likeness (QED) is 0.521. The van der Waals surface area contributed by atoms with E-state index in [0.717, 1.165) is 0 Å². The summed E-state index contributed by atoms with van der Waals surface area (Å²) in [6.45, 7) is 3.21. The summed E-state index contributed by atoms with van der Waals surface area (Å²) in [6, 6.07) is 0. The Morgan fingerprint density at radius 2 is 2.00 bits per heavy atom. The minimum absolute atomic E-state index is 0.351. The van der Waals surface area contributed by atoms with Gasteiger partial charge < -0.3 is 0 Å². The lowest BCUT2D eigenvalue weighted by atomic mass is 10.2. The van der Waals surface area contributed by atoms with Crippen LogP contribution in [0.3, 0.4) is 0 Å². The van der Waals surface area contributed by atoms with Crippen LogP contribution >= 0.6 is 0 Å². The maximum absolute atomic E-state index is 12.3. The number of hydrogen-bond donors (Lipinski definition) is 0. The van der Waals surface area contributed by atoms with Crippen LogP contribution < -0.4 is 0 Å². The zero-order valence-corrected chi connectivity index (χ0v) is 6.07. The van der Waals surface area contributed by atoms with Crippen molar-refractivity contribution >= 4 is 0 Å². The van der Waals surface area contributed by atoms with E-state index in [1.54, 1.807) is 13.8 Å². The zero-order chi connectivity index (χ0) is 7.98. The van der Waals surface area contributed by atoms with E-state index in [2.05, 4.69) is 0 Å². The first-order chi connectivity index (χ1) is 4.70. The summed E-state index contributed by atoms with van der Waals surface area (Å²) >= 11 is 0. The Labute approximate surface area is 59.6 Å². The summed E-state index contributed by atoms with van der Waals surface area (Å²) in [5.74, 6) is -0.351. The molecule has 0 nitrogen and oxygen atoms in total. The smallest absolute Gasteiger partial charge is 0.119 e. The van der Waals surface area contributed by atoms with Crippen molar-refractivity contribution in [1.82, 2.24) is 0 Å². The predicted molar refractivity (Wildman–Crippen MR) is 38.9 cm³/mol. The first kappa shape index (κ1) is 9.08. The van der Waals surface area contributed by atoms with Crippen molar-refractivity contribution in [3.8, 4) is 0 Å². The van der Waals surface area contributed by atoms with Crippen molar-refractivity contribution in [2.75, 3.05) is 0 Å². The number of halogens is 2. The molecule has 0 aromatic carbocycles. The molecular formula is C8H10F2. The van der Waals surface area contributed by atoms with Crippen LogP contribution in [0.25, 0.3) is 0 Å². The molecule has 0 aliphatic rings.